The van der Waals surface area contributed by atoms with Crippen LogP contribution in [0.15, 0.2) is 29.3 Å². The number of carbonyl (C=O) groups excluding carboxylic acids is 2. The quantitative estimate of drug-likeness (QED) is 0.501. The number of amides is 2. The number of ether oxygens (including phenoxy) is 1. The minimum atomic E-state index is -0.652. The number of carbonyl (C=O) groups is 2. The summed E-state index contributed by atoms with van der Waals surface area (Å²) in [5, 5.41) is 2.86. The van der Waals surface area contributed by atoms with Crippen LogP contribution in [0.3, 0.4) is 0 Å². The molecule has 1 saturated carbocycles. The number of nitrogens with two attached hydrogens (primary N) is 1. The Morgan fingerprint density at radius 3 is 2.39 bits per heavy atom. The number of amidine groups is 1. The minimum absolute atomic E-state index is 0.0979. The average Bonchev–Trinajstić information content (AvgIpc) is 3.56. The van der Waals surface area contributed by atoms with Gasteiger partial charge in [0, 0.05) is 31.1 Å². The van der Waals surface area contributed by atoms with Crippen LogP contribution >= 0.6 is 0 Å². The third-order valence-electron chi connectivity index (χ3n) is 5.94. The monoisotopic (exact) mass is 461 g/mol. The second kappa shape index (κ2) is 10.1. The summed E-state index contributed by atoms with van der Waals surface area (Å²) in [6.07, 6.45) is 1.71. The minimum Gasteiger partial charge on any atom is -0.444 e. The first-order valence-corrected chi connectivity index (χ1v) is 11.5. The number of hydrogen-bond donors (Lipinski definition) is 2. The van der Waals surface area contributed by atoms with Gasteiger partial charge in [0.2, 0.25) is 5.91 Å². The summed E-state index contributed by atoms with van der Waals surface area (Å²) in [6, 6.07) is 5.00. The zero-order chi connectivity index (χ0) is 24.3. The maximum atomic E-state index is 13.6. The van der Waals surface area contributed by atoms with E-state index in [1.165, 1.54) is 12.1 Å². The van der Waals surface area contributed by atoms with Gasteiger partial charge >= 0.3 is 6.09 Å². The SMILES string of the molecule is C[C@@H]1CN(C(=O)OC(C)(C)C)[C@@H](C)CN1C(C(=O)NCN=C(N)C1CC1)c1ccc(F)cc1. The summed E-state index contributed by atoms with van der Waals surface area (Å²) in [4.78, 5) is 34.0. The smallest absolute Gasteiger partial charge is 0.410 e. The highest BCUT2D eigenvalue weighted by molar-refractivity contribution is 5.86. The van der Waals surface area contributed by atoms with Gasteiger partial charge < -0.3 is 20.7 Å². The zero-order valence-electron chi connectivity index (χ0n) is 20.2. The molecule has 1 aliphatic heterocycles. The van der Waals surface area contributed by atoms with Gasteiger partial charge in [-0.1, -0.05) is 12.1 Å². The largest absolute Gasteiger partial charge is 0.444 e. The molecule has 0 radical (unpaired) electrons. The number of nitrogens with zero attached hydrogens (tertiary/aromatic N) is 3. The Morgan fingerprint density at radius 1 is 1.18 bits per heavy atom. The molecule has 1 heterocycles. The van der Waals surface area contributed by atoms with Gasteiger partial charge in [-0.05, 0) is 65.2 Å². The molecule has 3 rings (SSSR count). The van der Waals surface area contributed by atoms with Crippen molar-refractivity contribution in [3.63, 3.8) is 0 Å². The van der Waals surface area contributed by atoms with E-state index >= 15 is 0 Å². The lowest BCUT2D eigenvalue weighted by Crippen LogP contribution is -2.60. The lowest BCUT2D eigenvalue weighted by atomic mass is 9.99. The van der Waals surface area contributed by atoms with Crippen LogP contribution in [0.2, 0.25) is 0 Å². The first kappa shape index (κ1) is 25.0. The van der Waals surface area contributed by atoms with Crippen LogP contribution in [0.4, 0.5) is 9.18 Å². The van der Waals surface area contributed by atoms with Crippen molar-refractivity contribution in [2.75, 3.05) is 19.8 Å². The third kappa shape index (κ3) is 6.66. The number of aliphatic imine (C=N–C) groups is 1. The average molecular weight is 462 g/mol. The van der Waals surface area contributed by atoms with Gasteiger partial charge in [0.25, 0.3) is 0 Å². The molecule has 3 atom stereocenters. The normalized spacial score (nSPS) is 23.2. The summed E-state index contributed by atoms with van der Waals surface area (Å²) in [5.74, 6) is 0.299. The Balaban J connectivity index is 1.77. The molecular weight excluding hydrogens is 425 g/mol. The van der Waals surface area contributed by atoms with E-state index in [1.54, 1.807) is 17.0 Å². The van der Waals surface area contributed by atoms with E-state index in [-0.39, 0.29) is 36.6 Å². The molecular formula is C24H36FN5O3. The highest BCUT2D eigenvalue weighted by atomic mass is 19.1. The van der Waals surface area contributed by atoms with Crippen molar-refractivity contribution in [3.05, 3.63) is 35.6 Å². The van der Waals surface area contributed by atoms with Gasteiger partial charge in [0.15, 0.2) is 0 Å². The van der Waals surface area contributed by atoms with Crippen molar-refractivity contribution in [1.29, 1.82) is 0 Å². The lowest BCUT2D eigenvalue weighted by molar-refractivity contribution is -0.129. The van der Waals surface area contributed by atoms with Crippen LogP contribution in [0.5, 0.6) is 0 Å². The number of benzene rings is 1. The van der Waals surface area contributed by atoms with Gasteiger partial charge in [0.1, 0.15) is 24.1 Å². The van der Waals surface area contributed by atoms with Crippen molar-refractivity contribution in [3.8, 4) is 0 Å². The summed E-state index contributed by atoms with van der Waals surface area (Å²) in [6.45, 7) is 10.4. The summed E-state index contributed by atoms with van der Waals surface area (Å²) in [7, 11) is 0. The highest BCUT2D eigenvalue weighted by Gasteiger charge is 2.40. The second-order valence-electron chi connectivity index (χ2n) is 10.0. The molecule has 182 valence electrons. The molecule has 1 saturated heterocycles. The molecule has 2 aliphatic rings. The van der Waals surface area contributed by atoms with E-state index in [2.05, 4.69) is 10.3 Å². The van der Waals surface area contributed by atoms with Gasteiger partial charge in [-0.15, -0.1) is 0 Å². The number of rotatable bonds is 6. The molecule has 0 aromatic heterocycles. The van der Waals surface area contributed by atoms with Crippen LogP contribution < -0.4 is 11.1 Å². The van der Waals surface area contributed by atoms with Crippen molar-refractivity contribution in [2.24, 2.45) is 16.6 Å². The fraction of sp³-hybridized carbons (Fsp3) is 0.625. The molecule has 2 amide bonds. The van der Waals surface area contributed by atoms with Crippen LogP contribution in [-0.2, 0) is 9.53 Å². The molecule has 1 aliphatic carbocycles. The number of halogens is 1. The second-order valence-corrected chi connectivity index (χ2v) is 10.0. The molecule has 0 spiro atoms. The Kier molecular flexibility index (Phi) is 7.62. The first-order valence-electron chi connectivity index (χ1n) is 11.5. The summed E-state index contributed by atoms with van der Waals surface area (Å²) >= 11 is 0. The first-order chi connectivity index (χ1) is 15.5. The Bertz CT molecular complexity index is 879. The summed E-state index contributed by atoms with van der Waals surface area (Å²) < 4.78 is 19.1. The maximum absolute atomic E-state index is 13.6. The van der Waals surface area contributed by atoms with Gasteiger partial charge in [-0.3, -0.25) is 14.7 Å². The van der Waals surface area contributed by atoms with Gasteiger partial charge in [-0.25, -0.2) is 9.18 Å². The molecule has 0 bridgehead atoms. The van der Waals surface area contributed by atoms with E-state index in [0.29, 0.717) is 30.4 Å². The van der Waals surface area contributed by atoms with Crippen LogP contribution in [-0.4, -0.2) is 65.1 Å². The van der Waals surface area contributed by atoms with E-state index in [1.807, 2.05) is 39.5 Å². The van der Waals surface area contributed by atoms with E-state index in [9.17, 15) is 14.0 Å². The molecule has 8 nitrogen and oxygen atoms in total. The Labute approximate surface area is 195 Å². The van der Waals surface area contributed by atoms with Crippen LogP contribution in [0.1, 0.15) is 59.1 Å². The summed E-state index contributed by atoms with van der Waals surface area (Å²) in [5.41, 5.74) is 6.03. The molecule has 1 aromatic rings. The van der Waals surface area contributed by atoms with E-state index in [0.717, 1.165) is 12.8 Å². The fourth-order valence-corrected chi connectivity index (χ4v) is 4.04. The molecule has 2 fully saturated rings. The number of hydrogen-bond acceptors (Lipinski definition) is 5. The standard InChI is InChI=1S/C24H36FN5O3/c1-15-13-30(23(32)33-24(3,4)5)16(2)12-29(15)20(17-8-10-19(25)11-9-17)22(31)28-14-27-21(26)18-6-7-18/h8-11,15-16,18,20H,6-7,12-14H2,1-5H3,(H2,26,27)(H,28,31)/t15-,16+,20?/m1/s1. The van der Waals surface area contributed by atoms with Gasteiger partial charge in [0.05, 0.1) is 5.84 Å². The topological polar surface area (TPSA) is 100 Å². The van der Waals surface area contributed by atoms with Crippen LogP contribution in [0.25, 0.3) is 0 Å². The third-order valence-corrected chi connectivity index (χ3v) is 5.94. The maximum Gasteiger partial charge on any atom is 0.410 e. The number of nitrogens with one attached hydrogen (secondary N) is 1. The van der Waals surface area contributed by atoms with Crippen LogP contribution in [0, 0.1) is 11.7 Å². The Morgan fingerprint density at radius 2 is 1.82 bits per heavy atom. The van der Waals surface area contributed by atoms with E-state index in [4.69, 9.17) is 10.5 Å². The van der Waals surface area contributed by atoms with E-state index < -0.39 is 11.6 Å². The van der Waals surface area contributed by atoms with Crippen molar-refractivity contribution >= 4 is 17.8 Å². The van der Waals surface area contributed by atoms with Crippen molar-refractivity contribution in [1.82, 2.24) is 15.1 Å². The molecule has 1 unspecified atom stereocenters. The zero-order valence-corrected chi connectivity index (χ0v) is 20.2. The molecule has 3 N–H and O–H groups in total. The van der Waals surface area contributed by atoms with Crippen molar-refractivity contribution < 1.29 is 18.7 Å². The Hall–Kier alpha value is -2.68. The predicted octanol–water partition coefficient (Wildman–Crippen LogP) is 3.04. The molecule has 33 heavy (non-hydrogen) atoms. The fourth-order valence-electron chi connectivity index (χ4n) is 4.04. The highest BCUT2D eigenvalue weighted by Crippen LogP contribution is 2.30. The predicted molar refractivity (Wildman–Crippen MR) is 125 cm³/mol. The molecule has 9 heteroatoms. The number of piperazine rings is 1. The van der Waals surface area contributed by atoms with Crippen molar-refractivity contribution in [2.45, 2.75) is 71.2 Å². The molecule has 1 aromatic carbocycles. The van der Waals surface area contributed by atoms with Gasteiger partial charge in [-0.2, -0.15) is 0 Å². The lowest BCUT2D eigenvalue weighted by Gasteiger charge is -2.46.